The lowest BCUT2D eigenvalue weighted by Crippen LogP contribution is -2.23. The summed E-state index contributed by atoms with van der Waals surface area (Å²) in [6, 6.07) is 10.1. The molecule has 0 aliphatic heterocycles. The molecule has 3 rings (SSSR count). The summed E-state index contributed by atoms with van der Waals surface area (Å²) in [5, 5.41) is 5.36. The molecule has 3 aromatic rings. The number of hydrogen-bond acceptors (Lipinski definition) is 3. The van der Waals surface area contributed by atoms with Gasteiger partial charge in [0.15, 0.2) is 0 Å². The van der Waals surface area contributed by atoms with Gasteiger partial charge in [-0.25, -0.2) is 9.37 Å². The number of amides is 1. The summed E-state index contributed by atoms with van der Waals surface area (Å²) >= 11 is 1.44. The molecule has 0 spiro atoms. The first-order valence-corrected chi connectivity index (χ1v) is 8.03. The first-order chi connectivity index (χ1) is 11.0. The van der Waals surface area contributed by atoms with Gasteiger partial charge in [0, 0.05) is 24.7 Å². The van der Waals surface area contributed by atoms with Gasteiger partial charge in [-0.3, -0.25) is 4.79 Å². The third-order valence-electron chi connectivity index (χ3n) is 3.70. The summed E-state index contributed by atoms with van der Waals surface area (Å²) in [5.74, 6) is -0.523. The van der Waals surface area contributed by atoms with Crippen LogP contribution in [-0.2, 0) is 13.6 Å². The zero-order valence-corrected chi connectivity index (χ0v) is 13.7. The molecule has 0 atom stereocenters. The van der Waals surface area contributed by atoms with Crippen molar-refractivity contribution in [1.29, 1.82) is 0 Å². The smallest absolute Gasteiger partial charge is 0.271 e. The maximum Gasteiger partial charge on any atom is 0.271 e. The second-order valence-corrected chi connectivity index (χ2v) is 6.12. The molecule has 0 unspecified atom stereocenters. The summed E-state index contributed by atoms with van der Waals surface area (Å²) in [5.41, 5.74) is 3.36. The van der Waals surface area contributed by atoms with Gasteiger partial charge in [-0.2, -0.15) is 0 Å². The van der Waals surface area contributed by atoms with E-state index in [-0.39, 0.29) is 11.7 Å². The van der Waals surface area contributed by atoms with Crippen molar-refractivity contribution < 1.29 is 9.18 Å². The lowest BCUT2D eigenvalue weighted by molar-refractivity contribution is 0.0946. The molecule has 0 fully saturated rings. The van der Waals surface area contributed by atoms with Gasteiger partial charge in [0.1, 0.15) is 16.5 Å². The summed E-state index contributed by atoms with van der Waals surface area (Å²) in [7, 11) is 1.97. The third-order valence-corrected chi connectivity index (χ3v) is 4.56. The Morgan fingerprint density at radius 2 is 2.00 bits per heavy atom. The second-order valence-electron chi connectivity index (χ2n) is 5.27. The molecule has 118 valence electrons. The standard InChI is InChI=1S/C17H16FN3OS/c1-11-3-8-15(21(11)2)17-20-14(10-23-17)16(22)19-9-12-4-6-13(18)7-5-12/h3-8,10H,9H2,1-2H3,(H,19,22). The van der Waals surface area contributed by atoms with Gasteiger partial charge in [-0.05, 0) is 36.8 Å². The lowest BCUT2D eigenvalue weighted by Gasteiger charge is -2.03. The highest BCUT2D eigenvalue weighted by atomic mass is 32.1. The Bertz CT molecular complexity index is 836. The number of carbonyl (C=O) groups excluding carboxylic acids is 1. The largest absolute Gasteiger partial charge is 0.347 e. The molecule has 0 aliphatic rings. The number of benzene rings is 1. The molecule has 0 saturated heterocycles. The first kappa shape index (κ1) is 15.4. The highest BCUT2D eigenvalue weighted by Gasteiger charge is 2.13. The molecule has 2 aromatic heterocycles. The summed E-state index contributed by atoms with van der Waals surface area (Å²) < 4.78 is 14.9. The van der Waals surface area contributed by atoms with Gasteiger partial charge >= 0.3 is 0 Å². The molecule has 23 heavy (non-hydrogen) atoms. The quantitative estimate of drug-likeness (QED) is 0.796. The molecular formula is C17H16FN3OS. The summed E-state index contributed by atoms with van der Waals surface area (Å²) in [4.78, 5) is 16.6. The van der Waals surface area contributed by atoms with E-state index in [2.05, 4.69) is 10.3 Å². The van der Waals surface area contributed by atoms with Gasteiger partial charge in [0.25, 0.3) is 5.91 Å². The minimum Gasteiger partial charge on any atom is -0.347 e. The SMILES string of the molecule is Cc1ccc(-c2nc(C(=O)NCc3ccc(F)cc3)cs2)n1C. The number of aromatic nitrogens is 2. The molecule has 6 heteroatoms. The number of rotatable bonds is 4. The van der Waals surface area contributed by atoms with Gasteiger partial charge in [0.05, 0.1) is 5.69 Å². The van der Waals surface area contributed by atoms with E-state index in [1.807, 2.05) is 30.7 Å². The monoisotopic (exact) mass is 329 g/mol. The normalized spacial score (nSPS) is 10.7. The average molecular weight is 329 g/mol. The minimum atomic E-state index is -0.290. The predicted molar refractivity (Wildman–Crippen MR) is 88.8 cm³/mol. The summed E-state index contributed by atoms with van der Waals surface area (Å²) in [6.07, 6.45) is 0. The van der Waals surface area contributed by atoms with Crippen molar-refractivity contribution in [2.75, 3.05) is 0 Å². The molecule has 0 aliphatic carbocycles. The van der Waals surface area contributed by atoms with Crippen LogP contribution < -0.4 is 5.32 Å². The second kappa shape index (κ2) is 6.34. The van der Waals surface area contributed by atoms with Crippen LogP contribution >= 0.6 is 11.3 Å². The van der Waals surface area contributed by atoms with E-state index in [1.165, 1.54) is 23.5 Å². The van der Waals surface area contributed by atoms with E-state index >= 15 is 0 Å². The Kier molecular flexibility index (Phi) is 4.25. The molecule has 1 amide bonds. The van der Waals surface area contributed by atoms with Gasteiger partial charge in [-0.1, -0.05) is 12.1 Å². The molecule has 1 N–H and O–H groups in total. The Hall–Kier alpha value is -2.47. The van der Waals surface area contributed by atoms with Crippen LogP contribution in [-0.4, -0.2) is 15.5 Å². The molecule has 0 bridgehead atoms. The van der Waals surface area contributed by atoms with E-state index < -0.39 is 0 Å². The molecular weight excluding hydrogens is 313 g/mol. The maximum atomic E-state index is 12.9. The van der Waals surface area contributed by atoms with Crippen LogP contribution in [0.2, 0.25) is 0 Å². The molecule has 1 aromatic carbocycles. The fraction of sp³-hybridized carbons (Fsp3) is 0.176. The van der Waals surface area contributed by atoms with E-state index in [0.29, 0.717) is 12.2 Å². The first-order valence-electron chi connectivity index (χ1n) is 7.15. The van der Waals surface area contributed by atoms with Crippen molar-refractivity contribution in [2.45, 2.75) is 13.5 Å². The molecule has 4 nitrogen and oxygen atoms in total. The van der Waals surface area contributed by atoms with E-state index in [4.69, 9.17) is 0 Å². The van der Waals surface area contributed by atoms with Gasteiger partial charge < -0.3 is 9.88 Å². The van der Waals surface area contributed by atoms with Crippen molar-refractivity contribution in [2.24, 2.45) is 7.05 Å². The number of nitrogens with zero attached hydrogens (tertiary/aromatic N) is 2. The highest BCUT2D eigenvalue weighted by Crippen LogP contribution is 2.25. The van der Waals surface area contributed by atoms with Crippen molar-refractivity contribution >= 4 is 17.2 Å². The van der Waals surface area contributed by atoms with Crippen molar-refractivity contribution in [3.8, 4) is 10.7 Å². The molecule has 0 saturated carbocycles. The zero-order chi connectivity index (χ0) is 16.4. The maximum absolute atomic E-state index is 12.9. The number of halogens is 1. The fourth-order valence-electron chi connectivity index (χ4n) is 2.20. The van der Waals surface area contributed by atoms with E-state index in [1.54, 1.807) is 17.5 Å². The van der Waals surface area contributed by atoms with Crippen LogP contribution in [0, 0.1) is 12.7 Å². The number of aryl methyl sites for hydroxylation is 1. The van der Waals surface area contributed by atoms with Crippen molar-refractivity contribution in [3.05, 3.63) is 64.5 Å². The van der Waals surface area contributed by atoms with Gasteiger partial charge in [0.2, 0.25) is 0 Å². The Morgan fingerprint density at radius 3 is 2.65 bits per heavy atom. The van der Waals surface area contributed by atoms with Gasteiger partial charge in [-0.15, -0.1) is 11.3 Å². The molecule has 2 heterocycles. The Labute approximate surface area is 137 Å². The number of thiazole rings is 1. The van der Waals surface area contributed by atoms with Crippen LogP contribution in [0.15, 0.2) is 41.8 Å². The number of carbonyl (C=O) groups is 1. The number of nitrogens with one attached hydrogen (secondary N) is 1. The highest BCUT2D eigenvalue weighted by molar-refractivity contribution is 7.13. The van der Waals surface area contributed by atoms with Crippen LogP contribution in [0.5, 0.6) is 0 Å². The van der Waals surface area contributed by atoms with Crippen molar-refractivity contribution in [3.63, 3.8) is 0 Å². The van der Waals surface area contributed by atoms with Crippen LogP contribution in [0.25, 0.3) is 10.7 Å². The number of hydrogen-bond donors (Lipinski definition) is 1. The minimum absolute atomic E-state index is 0.234. The Morgan fingerprint density at radius 1 is 1.26 bits per heavy atom. The summed E-state index contributed by atoms with van der Waals surface area (Å²) in [6.45, 7) is 2.36. The Balaban J connectivity index is 1.69. The topological polar surface area (TPSA) is 46.9 Å². The van der Waals surface area contributed by atoms with Crippen LogP contribution in [0.3, 0.4) is 0 Å². The van der Waals surface area contributed by atoms with E-state index in [0.717, 1.165) is 22.0 Å². The van der Waals surface area contributed by atoms with E-state index in [9.17, 15) is 9.18 Å². The average Bonchev–Trinajstić information content (AvgIpc) is 3.15. The lowest BCUT2D eigenvalue weighted by atomic mass is 10.2. The predicted octanol–water partition coefficient (Wildman–Crippen LogP) is 3.53. The fourth-order valence-corrected chi connectivity index (χ4v) is 3.06. The third kappa shape index (κ3) is 3.32. The molecule has 0 radical (unpaired) electrons. The van der Waals surface area contributed by atoms with Crippen LogP contribution in [0.1, 0.15) is 21.7 Å². The van der Waals surface area contributed by atoms with Crippen LogP contribution in [0.4, 0.5) is 4.39 Å². The van der Waals surface area contributed by atoms with Crippen molar-refractivity contribution in [1.82, 2.24) is 14.9 Å². The zero-order valence-electron chi connectivity index (χ0n) is 12.8.